The molecule has 0 aromatic heterocycles. The summed E-state index contributed by atoms with van der Waals surface area (Å²) in [5.41, 5.74) is 5.28. The van der Waals surface area contributed by atoms with E-state index in [2.05, 4.69) is 18.2 Å². The quantitative estimate of drug-likeness (QED) is 0.596. The number of hydrogen-bond donors (Lipinski definition) is 0. The van der Waals surface area contributed by atoms with E-state index in [1.165, 1.54) is 77.0 Å². The fourth-order valence-electron chi connectivity index (χ4n) is 5.38. The second-order valence-electron chi connectivity index (χ2n) is 7.72. The van der Waals surface area contributed by atoms with Gasteiger partial charge in [0.1, 0.15) is 0 Å². The zero-order valence-electron chi connectivity index (χ0n) is 13.4. The molecular weight excluding hydrogens is 252 g/mol. The van der Waals surface area contributed by atoms with E-state index in [1.54, 1.807) is 11.1 Å². The van der Waals surface area contributed by atoms with Gasteiger partial charge in [-0.3, -0.25) is 0 Å². The van der Waals surface area contributed by atoms with Gasteiger partial charge in [0.25, 0.3) is 0 Å². The molecule has 1 aromatic rings. The van der Waals surface area contributed by atoms with Crippen molar-refractivity contribution in [1.82, 2.24) is 0 Å². The molecule has 0 heterocycles. The molecule has 0 N–H and O–H groups in total. The highest BCUT2D eigenvalue weighted by Crippen LogP contribution is 2.47. The molecule has 0 nitrogen and oxygen atoms in total. The topological polar surface area (TPSA) is 0 Å². The van der Waals surface area contributed by atoms with Crippen molar-refractivity contribution in [3.8, 4) is 0 Å². The first-order valence-corrected chi connectivity index (χ1v) is 9.47. The van der Waals surface area contributed by atoms with Crippen molar-refractivity contribution in [2.75, 3.05) is 0 Å². The molecule has 0 spiro atoms. The van der Waals surface area contributed by atoms with Gasteiger partial charge in [0.05, 0.1) is 0 Å². The van der Waals surface area contributed by atoms with Crippen molar-refractivity contribution < 1.29 is 0 Å². The molecular formula is C21H29. The normalized spacial score (nSPS) is 25.1. The summed E-state index contributed by atoms with van der Waals surface area (Å²) < 4.78 is 0. The minimum Gasteiger partial charge on any atom is -0.0527 e. The van der Waals surface area contributed by atoms with E-state index in [0.29, 0.717) is 0 Å². The van der Waals surface area contributed by atoms with Crippen LogP contribution >= 0.6 is 0 Å². The average Bonchev–Trinajstić information content (AvgIpc) is 3.28. The van der Waals surface area contributed by atoms with E-state index < -0.39 is 0 Å². The average molecular weight is 281 g/mol. The lowest BCUT2D eigenvalue weighted by Gasteiger charge is -2.26. The van der Waals surface area contributed by atoms with Crippen LogP contribution in [0.2, 0.25) is 0 Å². The van der Waals surface area contributed by atoms with Gasteiger partial charge in [-0.15, -0.1) is 0 Å². The number of rotatable bonds is 3. The van der Waals surface area contributed by atoms with Crippen molar-refractivity contribution in [1.29, 1.82) is 0 Å². The van der Waals surface area contributed by atoms with Crippen molar-refractivity contribution >= 4 is 0 Å². The summed E-state index contributed by atoms with van der Waals surface area (Å²) in [5, 5.41) is 0. The first kappa shape index (κ1) is 13.9. The van der Waals surface area contributed by atoms with Crippen LogP contribution < -0.4 is 0 Å². The third kappa shape index (κ3) is 2.67. The molecule has 0 unspecified atom stereocenters. The Hall–Kier alpha value is -0.780. The molecule has 3 fully saturated rings. The first-order valence-electron chi connectivity index (χ1n) is 9.47. The predicted octanol–water partition coefficient (Wildman–Crippen LogP) is 6.46. The van der Waals surface area contributed by atoms with Crippen LogP contribution in [0.15, 0.2) is 12.1 Å². The largest absolute Gasteiger partial charge is 0.0527 e. The maximum Gasteiger partial charge on any atom is -0.0156 e. The van der Waals surface area contributed by atoms with Gasteiger partial charge in [0.15, 0.2) is 0 Å². The third-order valence-corrected chi connectivity index (χ3v) is 6.45. The smallest absolute Gasteiger partial charge is 0.0156 e. The summed E-state index contributed by atoms with van der Waals surface area (Å²) in [6, 6.07) is 8.30. The maximum absolute atomic E-state index is 3.55. The summed E-state index contributed by atoms with van der Waals surface area (Å²) >= 11 is 0. The molecule has 3 aliphatic rings. The van der Waals surface area contributed by atoms with Gasteiger partial charge >= 0.3 is 0 Å². The van der Waals surface area contributed by atoms with Crippen LogP contribution in [-0.2, 0) is 0 Å². The van der Waals surface area contributed by atoms with Crippen LogP contribution in [0.4, 0.5) is 0 Å². The highest BCUT2D eigenvalue weighted by Gasteiger charge is 2.30. The van der Waals surface area contributed by atoms with Gasteiger partial charge in [0.2, 0.25) is 0 Å². The van der Waals surface area contributed by atoms with Crippen molar-refractivity contribution in [2.24, 2.45) is 0 Å². The van der Waals surface area contributed by atoms with Crippen molar-refractivity contribution in [2.45, 2.75) is 94.8 Å². The standard InChI is InChI=1S/C21H29/c1-2-9-16(8-1)19-14-7-15-20(17-10-3-4-11-17)21(19)18-12-5-6-13-18/h14-18H,1-6,8-13H2. The summed E-state index contributed by atoms with van der Waals surface area (Å²) in [6.07, 6.45) is 17.3. The summed E-state index contributed by atoms with van der Waals surface area (Å²) in [7, 11) is 0. The van der Waals surface area contributed by atoms with Gasteiger partial charge in [-0.05, 0) is 79.0 Å². The monoisotopic (exact) mass is 281 g/mol. The zero-order valence-corrected chi connectivity index (χ0v) is 13.4. The molecule has 4 rings (SSSR count). The Morgan fingerprint density at radius 1 is 0.571 bits per heavy atom. The van der Waals surface area contributed by atoms with Crippen LogP contribution in [0.25, 0.3) is 0 Å². The lowest BCUT2D eigenvalue weighted by molar-refractivity contribution is 0.632. The lowest BCUT2D eigenvalue weighted by Crippen LogP contribution is -2.09. The van der Waals surface area contributed by atoms with E-state index >= 15 is 0 Å². The molecule has 3 aliphatic carbocycles. The molecule has 0 atom stereocenters. The van der Waals surface area contributed by atoms with E-state index in [1.807, 2.05) is 5.56 Å². The molecule has 0 bridgehead atoms. The fraction of sp³-hybridized carbons (Fsp3) is 0.714. The predicted molar refractivity (Wildman–Crippen MR) is 88.9 cm³/mol. The molecule has 21 heavy (non-hydrogen) atoms. The Kier molecular flexibility index (Phi) is 4.05. The molecule has 0 saturated heterocycles. The zero-order chi connectivity index (χ0) is 14.1. The Balaban J connectivity index is 1.75. The molecule has 0 heteroatoms. The third-order valence-electron chi connectivity index (χ3n) is 6.45. The van der Waals surface area contributed by atoms with Crippen LogP contribution in [-0.4, -0.2) is 0 Å². The molecule has 0 amide bonds. The van der Waals surface area contributed by atoms with E-state index in [4.69, 9.17) is 0 Å². The van der Waals surface area contributed by atoms with Gasteiger partial charge in [-0.25, -0.2) is 0 Å². The minimum absolute atomic E-state index is 0.859. The van der Waals surface area contributed by atoms with Gasteiger partial charge in [0, 0.05) is 0 Å². The van der Waals surface area contributed by atoms with Crippen LogP contribution in [0.1, 0.15) is 111 Å². The van der Waals surface area contributed by atoms with E-state index in [9.17, 15) is 0 Å². The summed E-state index contributed by atoms with van der Waals surface area (Å²) in [5.74, 6) is 2.60. The van der Waals surface area contributed by atoms with Crippen LogP contribution in [0, 0.1) is 6.07 Å². The van der Waals surface area contributed by atoms with E-state index in [-0.39, 0.29) is 0 Å². The lowest BCUT2D eigenvalue weighted by atomic mass is 9.79. The summed E-state index contributed by atoms with van der Waals surface area (Å²) in [6.45, 7) is 0. The molecule has 3 saturated carbocycles. The number of benzene rings is 1. The highest BCUT2D eigenvalue weighted by atomic mass is 14.3. The van der Waals surface area contributed by atoms with Crippen molar-refractivity contribution in [3.05, 3.63) is 34.9 Å². The number of hydrogen-bond acceptors (Lipinski definition) is 0. The fourth-order valence-corrected chi connectivity index (χ4v) is 5.38. The Morgan fingerprint density at radius 3 is 1.38 bits per heavy atom. The van der Waals surface area contributed by atoms with Crippen molar-refractivity contribution in [3.63, 3.8) is 0 Å². The van der Waals surface area contributed by atoms with Gasteiger partial charge in [-0.1, -0.05) is 50.7 Å². The second kappa shape index (κ2) is 6.15. The Morgan fingerprint density at radius 2 is 0.952 bits per heavy atom. The first-order chi connectivity index (χ1) is 10.4. The van der Waals surface area contributed by atoms with Crippen LogP contribution in [0.3, 0.4) is 0 Å². The minimum atomic E-state index is 0.859. The highest BCUT2D eigenvalue weighted by molar-refractivity contribution is 5.43. The molecule has 1 radical (unpaired) electrons. The Labute approximate surface area is 130 Å². The Bertz CT molecular complexity index is 435. The van der Waals surface area contributed by atoms with Crippen LogP contribution in [0.5, 0.6) is 0 Å². The second-order valence-corrected chi connectivity index (χ2v) is 7.72. The molecule has 1 aromatic carbocycles. The summed E-state index contributed by atoms with van der Waals surface area (Å²) in [4.78, 5) is 0. The molecule has 113 valence electrons. The molecule has 0 aliphatic heterocycles. The van der Waals surface area contributed by atoms with Gasteiger partial charge < -0.3 is 0 Å². The maximum atomic E-state index is 3.55. The van der Waals surface area contributed by atoms with E-state index in [0.717, 1.165) is 17.8 Å². The van der Waals surface area contributed by atoms with Gasteiger partial charge in [-0.2, -0.15) is 0 Å². The SMILES string of the molecule is [c]1cc(C2CCCC2)c(C2CCCC2)c(C2CCCC2)c1.